The van der Waals surface area contributed by atoms with Crippen LogP contribution in [-0.2, 0) is 4.79 Å². The normalized spacial score (nSPS) is 17.9. The summed E-state index contributed by atoms with van der Waals surface area (Å²) in [5.41, 5.74) is 1.21. The molecule has 0 amide bonds. The Labute approximate surface area is 207 Å². The molecule has 6 nitrogen and oxygen atoms in total. The van der Waals surface area contributed by atoms with E-state index >= 15 is 0 Å². The molecule has 0 saturated carbocycles. The molecule has 3 aromatic rings. The van der Waals surface area contributed by atoms with Crippen molar-refractivity contribution in [3.8, 4) is 17.6 Å². The van der Waals surface area contributed by atoms with Crippen LogP contribution in [0.1, 0.15) is 35.2 Å². The minimum Gasteiger partial charge on any atom is -0.497 e. The lowest BCUT2D eigenvalue weighted by Crippen LogP contribution is -2.44. The van der Waals surface area contributed by atoms with Gasteiger partial charge in [-0.25, -0.2) is 8.78 Å². The van der Waals surface area contributed by atoms with Crippen molar-refractivity contribution in [2.24, 2.45) is 11.8 Å². The fraction of sp³-hybridized carbons (Fsp3) is 0.321. The summed E-state index contributed by atoms with van der Waals surface area (Å²) in [6, 6.07) is 10.1. The minimum atomic E-state index is -0.916. The van der Waals surface area contributed by atoms with E-state index in [4.69, 9.17) is 4.74 Å². The lowest BCUT2D eigenvalue weighted by atomic mass is 9.81. The molecule has 2 atom stereocenters. The number of carboxylic acids is 1. The molecule has 1 fully saturated rings. The summed E-state index contributed by atoms with van der Waals surface area (Å²) in [6.07, 6.45) is 2.88. The number of likely N-dealkylation sites (tertiary alicyclic amines) is 1. The summed E-state index contributed by atoms with van der Waals surface area (Å²) in [4.78, 5) is 31.3. The summed E-state index contributed by atoms with van der Waals surface area (Å²) in [5.74, 6) is 3.12. The first kappa shape index (κ1) is 25.3. The zero-order valence-electron chi connectivity index (χ0n) is 19.8. The second kappa shape index (κ2) is 11.3. The molecule has 0 radical (unpaired) electrons. The number of benzene rings is 2. The highest BCUT2D eigenvalue weighted by molar-refractivity contribution is 6.07. The van der Waals surface area contributed by atoms with E-state index in [1.807, 2.05) is 4.90 Å². The molecule has 36 heavy (non-hydrogen) atoms. The van der Waals surface area contributed by atoms with Crippen molar-refractivity contribution in [1.29, 1.82) is 0 Å². The summed E-state index contributed by atoms with van der Waals surface area (Å²) in [6.45, 7) is 1.14. The molecule has 0 spiro atoms. The van der Waals surface area contributed by atoms with Crippen LogP contribution in [0.15, 0.2) is 48.7 Å². The Balaban J connectivity index is 1.39. The first-order valence-corrected chi connectivity index (χ1v) is 11.7. The third-order valence-electron chi connectivity index (χ3n) is 6.60. The van der Waals surface area contributed by atoms with E-state index in [1.165, 1.54) is 0 Å². The predicted octanol–water partition coefficient (Wildman–Crippen LogP) is 4.56. The molecular formula is C28H26F2N2O4. The van der Waals surface area contributed by atoms with Crippen molar-refractivity contribution in [3.05, 3.63) is 71.4 Å². The van der Waals surface area contributed by atoms with Gasteiger partial charge >= 0.3 is 5.97 Å². The van der Waals surface area contributed by atoms with Gasteiger partial charge in [-0.15, -0.1) is 0 Å². The number of hydrogen-bond acceptors (Lipinski definition) is 5. The second-order valence-electron chi connectivity index (χ2n) is 8.86. The molecule has 2 aromatic carbocycles. The van der Waals surface area contributed by atoms with Gasteiger partial charge in [0.05, 0.1) is 30.7 Å². The quantitative estimate of drug-likeness (QED) is 0.385. The van der Waals surface area contributed by atoms with Crippen LogP contribution in [0.2, 0.25) is 0 Å². The minimum absolute atomic E-state index is 0.0283. The van der Waals surface area contributed by atoms with Crippen LogP contribution in [0.3, 0.4) is 0 Å². The number of halogens is 2. The summed E-state index contributed by atoms with van der Waals surface area (Å²) >= 11 is 0. The van der Waals surface area contributed by atoms with Crippen LogP contribution in [0.4, 0.5) is 8.78 Å². The molecule has 186 valence electrons. The fourth-order valence-corrected chi connectivity index (χ4v) is 4.62. The highest BCUT2D eigenvalue weighted by Crippen LogP contribution is 2.30. The molecular weight excluding hydrogens is 466 g/mol. The first-order valence-electron chi connectivity index (χ1n) is 11.7. The lowest BCUT2D eigenvalue weighted by molar-refractivity contribution is -0.146. The molecule has 4 rings (SSSR count). The van der Waals surface area contributed by atoms with Crippen molar-refractivity contribution in [1.82, 2.24) is 9.88 Å². The van der Waals surface area contributed by atoms with Gasteiger partial charge in [-0.1, -0.05) is 11.8 Å². The van der Waals surface area contributed by atoms with E-state index in [2.05, 4.69) is 16.8 Å². The standard InChI is InChI=1S/C28H26F2N2O4/c1-36-21-6-8-26-23(16-21)22(10-12-31-26)27(33)9-4-18-11-14-32(17-24(18)28(34)35)13-2-3-19-15-20(29)5-7-25(19)30/h5-8,10,12,15-16,18,24H,4,9,11,13-14,17H2,1H3,(H,34,35)/t18-,24+/m0/s1. The molecule has 0 bridgehead atoms. The van der Waals surface area contributed by atoms with E-state index in [0.29, 0.717) is 41.6 Å². The Hall–Kier alpha value is -3.83. The van der Waals surface area contributed by atoms with Gasteiger partial charge in [0.25, 0.3) is 0 Å². The summed E-state index contributed by atoms with van der Waals surface area (Å²) in [7, 11) is 1.56. The van der Waals surface area contributed by atoms with Crippen molar-refractivity contribution < 1.29 is 28.2 Å². The average molecular weight is 493 g/mol. The first-order chi connectivity index (χ1) is 17.4. The number of aromatic nitrogens is 1. The van der Waals surface area contributed by atoms with Crippen LogP contribution >= 0.6 is 0 Å². The number of piperidine rings is 1. The fourth-order valence-electron chi connectivity index (χ4n) is 4.62. The highest BCUT2D eigenvalue weighted by Gasteiger charge is 2.34. The number of ketones is 1. The van der Waals surface area contributed by atoms with Gasteiger partial charge in [0, 0.05) is 30.1 Å². The van der Waals surface area contributed by atoms with Crippen LogP contribution in [-0.4, -0.2) is 53.5 Å². The number of fused-ring (bicyclic) bond motifs is 1. The van der Waals surface area contributed by atoms with Crippen molar-refractivity contribution in [3.63, 3.8) is 0 Å². The van der Waals surface area contributed by atoms with Crippen molar-refractivity contribution in [2.45, 2.75) is 19.3 Å². The predicted molar refractivity (Wildman–Crippen MR) is 131 cm³/mol. The molecule has 8 heteroatoms. The number of methoxy groups -OCH3 is 1. The zero-order valence-corrected chi connectivity index (χ0v) is 19.8. The van der Waals surface area contributed by atoms with Gasteiger partial charge < -0.3 is 9.84 Å². The van der Waals surface area contributed by atoms with Gasteiger partial charge in [-0.05, 0) is 67.8 Å². The highest BCUT2D eigenvalue weighted by atomic mass is 19.1. The molecule has 1 aliphatic rings. The van der Waals surface area contributed by atoms with Crippen molar-refractivity contribution in [2.75, 3.05) is 26.7 Å². The smallest absolute Gasteiger partial charge is 0.308 e. The van der Waals surface area contributed by atoms with Crippen LogP contribution < -0.4 is 4.74 Å². The third-order valence-corrected chi connectivity index (χ3v) is 6.60. The number of ether oxygens (including phenoxy) is 1. The Bertz CT molecular complexity index is 1350. The Morgan fingerprint density at radius 2 is 2.03 bits per heavy atom. The maximum Gasteiger partial charge on any atom is 0.308 e. The number of Topliss-reactive ketones (excluding diaryl/α,β-unsaturated/α-hetero) is 1. The molecule has 1 aliphatic heterocycles. The lowest BCUT2D eigenvalue weighted by Gasteiger charge is -2.35. The Kier molecular flexibility index (Phi) is 7.91. The summed E-state index contributed by atoms with van der Waals surface area (Å²) < 4.78 is 32.3. The Morgan fingerprint density at radius 1 is 1.19 bits per heavy atom. The van der Waals surface area contributed by atoms with Gasteiger partial charge in [-0.3, -0.25) is 19.5 Å². The number of carboxylic acid groups (broad SMARTS) is 1. The van der Waals surface area contributed by atoms with E-state index in [0.717, 1.165) is 18.2 Å². The van der Waals surface area contributed by atoms with Crippen molar-refractivity contribution >= 4 is 22.7 Å². The number of hydrogen-bond donors (Lipinski definition) is 1. The Morgan fingerprint density at radius 3 is 2.81 bits per heavy atom. The van der Waals surface area contributed by atoms with E-state index < -0.39 is 23.5 Å². The largest absolute Gasteiger partial charge is 0.497 e. The van der Waals surface area contributed by atoms with Gasteiger partial charge in [0.15, 0.2) is 5.78 Å². The number of nitrogens with zero attached hydrogens (tertiary/aromatic N) is 2. The monoisotopic (exact) mass is 492 g/mol. The number of carbonyl (C=O) groups excluding carboxylic acids is 1. The average Bonchev–Trinajstić information content (AvgIpc) is 2.88. The maximum atomic E-state index is 13.8. The number of rotatable bonds is 7. The van der Waals surface area contributed by atoms with Crippen LogP contribution in [0.5, 0.6) is 5.75 Å². The zero-order chi connectivity index (χ0) is 25.7. The topological polar surface area (TPSA) is 79.7 Å². The van der Waals surface area contributed by atoms with Crippen LogP contribution in [0, 0.1) is 35.3 Å². The molecule has 1 aromatic heterocycles. The molecule has 1 saturated heterocycles. The molecule has 1 N–H and O–H groups in total. The molecule has 0 aliphatic carbocycles. The summed E-state index contributed by atoms with van der Waals surface area (Å²) in [5, 5.41) is 10.5. The molecule has 2 heterocycles. The SMILES string of the molecule is COc1ccc2nccc(C(=O)CC[C@H]3CCN(CC#Cc4cc(F)ccc4F)C[C@H]3C(=O)O)c2c1. The van der Waals surface area contributed by atoms with E-state index in [9.17, 15) is 23.5 Å². The number of pyridine rings is 1. The van der Waals surface area contributed by atoms with E-state index in [1.54, 1.807) is 37.6 Å². The van der Waals surface area contributed by atoms with Gasteiger partial charge in [0.1, 0.15) is 17.4 Å². The van der Waals surface area contributed by atoms with Crippen LogP contribution in [0.25, 0.3) is 10.9 Å². The van der Waals surface area contributed by atoms with Gasteiger partial charge in [0.2, 0.25) is 0 Å². The number of carbonyl (C=O) groups is 2. The van der Waals surface area contributed by atoms with E-state index in [-0.39, 0.29) is 36.8 Å². The van der Waals surface area contributed by atoms with Gasteiger partial charge in [-0.2, -0.15) is 0 Å². The molecule has 0 unspecified atom stereocenters. The maximum absolute atomic E-state index is 13.8. The second-order valence-corrected chi connectivity index (χ2v) is 8.86. The number of aliphatic carboxylic acids is 1. The third kappa shape index (κ3) is 5.86.